The SMILES string of the molecule is CN(CCC#N)CC(=O)NCC1CC1. The number of hydrogen-bond donors (Lipinski definition) is 1. The first kappa shape index (κ1) is 11.0. The Morgan fingerprint density at radius 2 is 2.36 bits per heavy atom. The molecule has 0 heterocycles. The van der Waals surface area contributed by atoms with Crippen LogP contribution in [0.25, 0.3) is 0 Å². The van der Waals surface area contributed by atoms with E-state index in [0.29, 0.717) is 19.5 Å². The number of nitrogens with one attached hydrogen (secondary N) is 1. The quantitative estimate of drug-likeness (QED) is 0.665. The molecule has 0 aliphatic heterocycles. The highest BCUT2D eigenvalue weighted by atomic mass is 16.2. The number of carbonyl (C=O) groups is 1. The van der Waals surface area contributed by atoms with Gasteiger partial charge in [-0.3, -0.25) is 9.69 Å². The fourth-order valence-electron chi connectivity index (χ4n) is 1.20. The molecule has 1 aliphatic rings. The second-order valence-corrected chi connectivity index (χ2v) is 3.89. The van der Waals surface area contributed by atoms with Gasteiger partial charge in [-0.2, -0.15) is 5.26 Å². The number of nitrogens with zero attached hydrogens (tertiary/aromatic N) is 2. The summed E-state index contributed by atoms with van der Waals surface area (Å²) in [4.78, 5) is 13.2. The van der Waals surface area contributed by atoms with E-state index in [9.17, 15) is 4.79 Å². The molecule has 1 rings (SSSR count). The summed E-state index contributed by atoms with van der Waals surface area (Å²) < 4.78 is 0. The lowest BCUT2D eigenvalue weighted by Crippen LogP contribution is -2.36. The molecule has 1 aliphatic carbocycles. The molecule has 0 aromatic heterocycles. The zero-order valence-corrected chi connectivity index (χ0v) is 8.62. The largest absolute Gasteiger partial charge is 0.355 e. The molecule has 14 heavy (non-hydrogen) atoms. The summed E-state index contributed by atoms with van der Waals surface area (Å²) in [6, 6.07) is 2.06. The second kappa shape index (κ2) is 5.61. The van der Waals surface area contributed by atoms with Crippen LogP contribution in [0.3, 0.4) is 0 Å². The maximum atomic E-state index is 11.3. The lowest BCUT2D eigenvalue weighted by Gasteiger charge is -2.14. The predicted molar refractivity (Wildman–Crippen MR) is 53.5 cm³/mol. The highest BCUT2D eigenvalue weighted by Crippen LogP contribution is 2.27. The zero-order valence-electron chi connectivity index (χ0n) is 8.62. The normalized spacial score (nSPS) is 15.2. The van der Waals surface area contributed by atoms with Crippen LogP contribution in [-0.2, 0) is 4.79 Å². The first-order valence-corrected chi connectivity index (χ1v) is 5.04. The van der Waals surface area contributed by atoms with E-state index >= 15 is 0 Å². The molecule has 0 saturated heterocycles. The Balaban J connectivity index is 2.02. The smallest absolute Gasteiger partial charge is 0.234 e. The topological polar surface area (TPSA) is 56.1 Å². The average molecular weight is 195 g/mol. The van der Waals surface area contributed by atoms with E-state index in [-0.39, 0.29) is 5.91 Å². The third kappa shape index (κ3) is 4.83. The maximum Gasteiger partial charge on any atom is 0.234 e. The van der Waals surface area contributed by atoms with Crippen LogP contribution < -0.4 is 5.32 Å². The van der Waals surface area contributed by atoms with Crippen molar-refractivity contribution in [3.63, 3.8) is 0 Å². The van der Waals surface area contributed by atoms with Crippen molar-refractivity contribution in [2.75, 3.05) is 26.7 Å². The number of carbonyl (C=O) groups excluding carboxylic acids is 1. The number of hydrogen-bond acceptors (Lipinski definition) is 3. The van der Waals surface area contributed by atoms with Crippen molar-refractivity contribution < 1.29 is 4.79 Å². The molecule has 1 saturated carbocycles. The summed E-state index contributed by atoms with van der Waals surface area (Å²) in [5.74, 6) is 0.792. The maximum absolute atomic E-state index is 11.3. The van der Waals surface area contributed by atoms with E-state index < -0.39 is 0 Å². The molecule has 0 radical (unpaired) electrons. The fraction of sp³-hybridized carbons (Fsp3) is 0.800. The van der Waals surface area contributed by atoms with Gasteiger partial charge in [-0.15, -0.1) is 0 Å². The number of likely N-dealkylation sites (N-methyl/N-ethyl adjacent to an activating group) is 1. The van der Waals surface area contributed by atoms with E-state index in [1.807, 2.05) is 11.9 Å². The summed E-state index contributed by atoms with van der Waals surface area (Å²) in [6.07, 6.45) is 2.99. The van der Waals surface area contributed by atoms with Gasteiger partial charge < -0.3 is 5.32 Å². The molecular formula is C10H17N3O. The van der Waals surface area contributed by atoms with Gasteiger partial charge >= 0.3 is 0 Å². The lowest BCUT2D eigenvalue weighted by molar-refractivity contribution is -0.122. The first-order valence-electron chi connectivity index (χ1n) is 5.04. The Hall–Kier alpha value is -1.08. The molecule has 0 aromatic rings. The van der Waals surface area contributed by atoms with Gasteiger partial charge in [-0.1, -0.05) is 0 Å². The predicted octanol–water partition coefficient (Wildman–Crippen LogP) is 0.358. The first-order chi connectivity index (χ1) is 6.72. The van der Waals surface area contributed by atoms with Crippen molar-refractivity contribution in [2.24, 2.45) is 5.92 Å². The third-order valence-electron chi connectivity index (χ3n) is 2.30. The summed E-state index contributed by atoms with van der Waals surface area (Å²) >= 11 is 0. The van der Waals surface area contributed by atoms with Crippen LogP contribution in [0.2, 0.25) is 0 Å². The van der Waals surface area contributed by atoms with Crippen molar-refractivity contribution in [1.29, 1.82) is 5.26 Å². The highest BCUT2D eigenvalue weighted by Gasteiger charge is 2.21. The van der Waals surface area contributed by atoms with Crippen LogP contribution in [0.5, 0.6) is 0 Å². The summed E-state index contributed by atoms with van der Waals surface area (Å²) in [6.45, 7) is 1.88. The Bertz CT molecular complexity index is 230. The van der Waals surface area contributed by atoms with Gasteiger partial charge in [0.2, 0.25) is 5.91 Å². The molecule has 78 valence electrons. The molecular weight excluding hydrogens is 178 g/mol. The Kier molecular flexibility index (Phi) is 4.41. The molecule has 0 bridgehead atoms. The second-order valence-electron chi connectivity index (χ2n) is 3.89. The van der Waals surface area contributed by atoms with Crippen LogP contribution >= 0.6 is 0 Å². The number of rotatable bonds is 6. The lowest BCUT2D eigenvalue weighted by atomic mass is 10.4. The van der Waals surface area contributed by atoms with Crippen LogP contribution in [-0.4, -0.2) is 37.5 Å². The van der Waals surface area contributed by atoms with Crippen molar-refractivity contribution in [3.8, 4) is 6.07 Å². The molecule has 1 N–H and O–H groups in total. The molecule has 4 heteroatoms. The fourth-order valence-corrected chi connectivity index (χ4v) is 1.20. The van der Waals surface area contributed by atoms with Crippen LogP contribution in [0.1, 0.15) is 19.3 Å². The molecule has 0 aromatic carbocycles. The van der Waals surface area contributed by atoms with Gasteiger partial charge in [0, 0.05) is 19.5 Å². The zero-order chi connectivity index (χ0) is 10.4. The average Bonchev–Trinajstić information content (AvgIpc) is 2.95. The van der Waals surface area contributed by atoms with Gasteiger partial charge in [0.15, 0.2) is 0 Å². The Morgan fingerprint density at radius 3 is 2.93 bits per heavy atom. The molecule has 0 spiro atoms. The number of amides is 1. The molecule has 1 amide bonds. The van der Waals surface area contributed by atoms with Crippen molar-refractivity contribution in [2.45, 2.75) is 19.3 Å². The van der Waals surface area contributed by atoms with Gasteiger partial charge in [-0.05, 0) is 25.8 Å². The van der Waals surface area contributed by atoms with Crippen LogP contribution in [0.4, 0.5) is 0 Å². The van der Waals surface area contributed by atoms with Gasteiger partial charge in [0.05, 0.1) is 12.6 Å². The minimum Gasteiger partial charge on any atom is -0.355 e. The molecule has 4 nitrogen and oxygen atoms in total. The van der Waals surface area contributed by atoms with Crippen LogP contribution in [0, 0.1) is 17.2 Å². The van der Waals surface area contributed by atoms with E-state index in [0.717, 1.165) is 12.5 Å². The number of nitriles is 1. The standard InChI is InChI=1S/C10H17N3O/c1-13(6-2-5-11)8-10(14)12-7-9-3-4-9/h9H,2-4,6-8H2,1H3,(H,12,14). The van der Waals surface area contributed by atoms with Gasteiger partial charge in [0.25, 0.3) is 0 Å². The summed E-state index contributed by atoms with van der Waals surface area (Å²) in [5.41, 5.74) is 0. The van der Waals surface area contributed by atoms with Crippen molar-refractivity contribution in [3.05, 3.63) is 0 Å². The summed E-state index contributed by atoms with van der Waals surface area (Å²) in [7, 11) is 1.86. The third-order valence-corrected chi connectivity index (χ3v) is 2.30. The molecule has 1 fully saturated rings. The minimum atomic E-state index is 0.0670. The van der Waals surface area contributed by atoms with Crippen molar-refractivity contribution >= 4 is 5.91 Å². The van der Waals surface area contributed by atoms with E-state index in [1.54, 1.807) is 0 Å². The monoisotopic (exact) mass is 195 g/mol. The summed E-state index contributed by atoms with van der Waals surface area (Å²) in [5, 5.41) is 11.2. The van der Waals surface area contributed by atoms with E-state index in [2.05, 4.69) is 11.4 Å². The van der Waals surface area contributed by atoms with Crippen molar-refractivity contribution in [1.82, 2.24) is 10.2 Å². The highest BCUT2D eigenvalue weighted by molar-refractivity contribution is 5.77. The van der Waals surface area contributed by atoms with Gasteiger partial charge in [0.1, 0.15) is 0 Å². The Labute approximate surface area is 84.9 Å². The van der Waals surface area contributed by atoms with E-state index in [1.165, 1.54) is 12.8 Å². The van der Waals surface area contributed by atoms with Crippen LogP contribution in [0.15, 0.2) is 0 Å². The van der Waals surface area contributed by atoms with Gasteiger partial charge in [-0.25, -0.2) is 0 Å². The minimum absolute atomic E-state index is 0.0670. The van der Waals surface area contributed by atoms with E-state index in [4.69, 9.17) is 5.26 Å². The molecule has 0 unspecified atom stereocenters. The Morgan fingerprint density at radius 1 is 1.64 bits per heavy atom. The molecule has 0 atom stereocenters.